The molecule has 1 fully saturated rings. The molecule has 3 heterocycles. The van der Waals surface area contributed by atoms with Crippen LogP contribution in [0, 0.1) is 10.1 Å². The molecule has 3 aromatic carbocycles. The van der Waals surface area contributed by atoms with Gasteiger partial charge in [0.05, 0.1) is 34.8 Å². The van der Waals surface area contributed by atoms with Gasteiger partial charge in [-0.15, -0.1) is 0 Å². The number of H-pyrrole nitrogens is 1. The highest BCUT2D eigenvalue weighted by Crippen LogP contribution is 2.30. The van der Waals surface area contributed by atoms with Crippen LogP contribution < -0.4 is 19.5 Å². The van der Waals surface area contributed by atoms with Crippen molar-refractivity contribution < 1.29 is 32.3 Å². The number of hydrogen-bond donors (Lipinski definition) is 3. The van der Waals surface area contributed by atoms with Crippen LogP contribution in [0.1, 0.15) is 15.9 Å². The predicted octanol–water partition coefficient (Wildman–Crippen LogP) is 4.71. The number of aromatic amines is 1. The van der Waals surface area contributed by atoms with Gasteiger partial charge in [0.2, 0.25) is 0 Å². The maximum atomic E-state index is 13.2. The number of morpholine rings is 1. The van der Waals surface area contributed by atoms with Gasteiger partial charge in [-0.25, -0.2) is 18.1 Å². The zero-order valence-electron chi connectivity index (χ0n) is 25.6. The second-order valence-corrected chi connectivity index (χ2v) is 12.5. The summed E-state index contributed by atoms with van der Waals surface area (Å²) in [6.07, 6.45) is 3.20. The third kappa shape index (κ3) is 7.88. The van der Waals surface area contributed by atoms with E-state index in [0.717, 1.165) is 49.9 Å². The Morgan fingerprint density at radius 1 is 1.02 bits per heavy atom. The summed E-state index contributed by atoms with van der Waals surface area (Å²) in [6, 6.07) is 20.4. The van der Waals surface area contributed by atoms with Crippen molar-refractivity contribution >= 4 is 38.3 Å². The lowest BCUT2D eigenvalue weighted by atomic mass is 10.2. The summed E-state index contributed by atoms with van der Waals surface area (Å²) >= 11 is 0. The van der Waals surface area contributed by atoms with Gasteiger partial charge in [-0.2, -0.15) is 0 Å². The average Bonchev–Trinajstić information content (AvgIpc) is 3.56. The summed E-state index contributed by atoms with van der Waals surface area (Å²) in [4.78, 5) is 33.5. The topological polar surface area (TPSA) is 178 Å². The van der Waals surface area contributed by atoms with Crippen LogP contribution in [0.3, 0.4) is 0 Å². The fraction of sp³-hybridized carbons (Fsp3) is 0.212. The van der Waals surface area contributed by atoms with Crippen LogP contribution in [-0.4, -0.2) is 73.6 Å². The van der Waals surface area contributed by atoms with Crippen LogP contribution in [0.25, 0.3) is 11.0 Å². The number of carbonyl (C=O) groups excluding carboxylic acids is 1. The van der Waals surface area contributed by atoms with E-state index in [1.807, 2.05) is 35.1 Å². The van der Waals surface area contributed by atoms with Crippen molar-refractivity contribution in [3.63, 3.8) is 0 Å². The quantitative estimate of drug-likeness (QED) is 0.117. The molecule has 0 unspecified atom stereocenters. The van der Waals surface area contributed by atoms with Crippen LogP contribution in [-0.2, 0) is 21.3 Å². The molecule has 3 N–H and O–H groups in total. The number of rotatable bonds is 13. The Hall–Kier alpha value is -5.51. The van der Waals surface area contributed by atoms with E-state index >= 15 is 0 Å². The number of para-hydroxylation sites is 1. The van der Waals surface area contributed by atoms with Crippen molar-refractivity contribution in [1.82, 2.24) is 19.6 Å². The lowest BCUT2D eigenvalue weighted by Gasteiger charge is -2.26. The van der Waals surface area contributed by atoms with Gasteiger partial charge in [0.1, 0.15) is 35.2 Å². The van der Waals surface area contributed by atoms with Gasteiger partial charge >= 0.3 is 0 Å². The molecule has 6 rings (SSSR count). The van der Waals surface area contributed by atoms with E-state index < -0.39 is 31.4 Å². The molecule has 15 heteroatoms. The molecular formula is C33H32N6O8S. The van der Waals surface area contributed by atoms with Gasteiger partial charge in [-0.05, 0) is 54.1 Å². The zero-order chi connectivity index (χ0) is 33.5. The highest BCUT2D eigenvalue weighted by molar-refractivity contribution is 7.90. The number of amides is 1. The monoisotopic (exact) mass is 672 g/mol. The first-order chi connectivity index (χ1) is 23.2. The van der Waals surface area contributed by atoms with Crippen LogP contribution in [0.2, 0.25) is 0 Å². The summed E-state index contributed by atoms with van der Waals surface area (Å²) in [6.45, 7) is 4.81. The number of aromatic nitrogens is 2. The lowest BCUT2D eigenvalue weighted by Crippen LogP contribution is -2.38. The fourth-order valence-corrected chi connectivity index (χ4v) is 6.06. The zero-order valence-corrected chi connectivity index (χ0v) is 26.4. The molecule has 14 nitrogen and oxygen atoms in total. The number of nitrogens with zero attached hydrogens (tertiary/aromatic N) is 3. The smallest absolute Gasteiger partial charge is 0.293 e. The molecule has 5 aromatic rings. The number of ether oxygens (including phenoxy) is 3. The van der Waals surface area contributed by atoms with Crippen LogP contribution in [0.5, 0.6) is 17.2 Å². The van der Waals surface area contributed by atoms with Crippen molar-refractivity contribution in [3.8, 4) is 17.2 Å². The Kier molecular flexibility index (Phi) is 9.80. The van der Waals surface area contributed by atoms with E-state index in [0.29, 0.717) is 23.8 Å². The Balaban J connectivity index is 1.09. The number of sulfonamides is 1. The standard InChI is InChI=1S/C33H32N6O8S/c40-33(28-3-1-2-4-31(28)47-26-19-24-11-12-34-32(24)36-22-26)37-48(43,44)27-9-10-29(30(20-27)39(41)42)35-21-23-5-7-25(8-6-23)46-18-15-38-13-16-45-17-14-38/h1-12,19-20,22,35H,13-18,21H2,(H,34,36)(H,37,40). The Morgan fingerprint density at radius 2 is 1.81 bits per heavy atom. The van der Waals surface area contributed by atoms with Gasteiger partial charge in [-0.3, -0.25) is 19.8 Å². The Labute approximate surface area is 275 Å². The van der Waals surface area contributed by atoms with E-state index in [1.165, 1.54) is 30.5 Å². The largest absolute Gasteiger partial charge is 0.492 e. The van der Waals surface area contributed by atoms with Crippen LogP contribution in [0.15, 0.2) is 96.2 Å². The van der Waals surface area contributed by atoms with E-state index in [9.17, 15) is 23.3 Å². The summed E-state index contributed by atoms with van der Waals surface area (Å²) in [5.41, 5.74) is 1.08. The minimum Gasteiger partial charge on any atom is -0.492 e. The van der Waals surface area contributed by atoms with Crippen molar-refractivity contribution in [3.05, 3.63) is 112 Å². The SMILES string of the molecule is O=C(NS(=O)(=O)c1ccc(NCc2ccc(OCCN3CCOCC3)cc2)c([N+](=O)[O-])c1)c1ccccc1Oc1cnc2[nH]ccc2c1. The molecule has 0 aliphatic carbocycles. The first-order valence-electron chi connectivity index (χ1n) is 15.1. The van der Waals surface area contributed by atoms with Crippen molar-refractivity contribution in [1.29, 1.82) is 0 Å². The molecule has 1 amide bonds. The molecule has 0 bridgehead atoms. The van der Waals surface area contributed by atoms with Crippen LogP contribution >= 0.6 is 0 Å². The third-order valence-corrected chi connectivity index (χ3v) is 8.95. The van der Waals surface area contributed by atoms with E-state index in [1.54, 1.807) is 24.4 Å². The summed E-state index contributed by atoms with van der Waals surface area (Å²) in [5.74, 6) is 0.173. The van der Waals surface area contributed by atoms with Gasteiger partial charge in [0.15, 0.2) is 0 Å². The summed E-state index contributed by atoms with van der Waals surface area (Å²) < 4.78 is 45.5. The number of nitro groups is 1. The Morgan fingerprint density at radius 3 is 2.60 bits per heavy atom. The van der Waals surface area contributed by atoms with Crippen LogP contribution in [0.4, 0.5) is 11.4 Å². The first kappa shape index (κ1) is 32.4. The number of carbonyl (C=O) groups is 1. The maximum absolute atomic E-state index is 13.2. The molecule has 0 atom stereocenters. The van der Waals surface area contributed by atoms with E-state index in [4.69, 9.17) is 14.2 Å². The molecule has 248 valence electrons. The molecular weight excluding hydrogens is 640 g/mol. The number of fused-ring (bicyclic) bond motifs is 1. The molecule has 1 aliphatic heterocycles. The van der Waals surface area contributed by atoms with Gasteiger partial charge < -0.3 is 24.5 Å². The molecule has 0 saturated carbocycles. The average molecular weight is 673 g/mol. The number of anilines is 1. The number of hydrogen-bond acceptors (Lipinski definition) is 11. The summed E-state index contributed by atoms with van der Waals surface area (Å²) in [7, 11) is -4.51. The second-order valence-electron chi connectivity index (χ2n) is 10.9. The number of nitro benzene ring substituents is 1. The normalized spacial score (nSPS) is 13.6. The van der Waals surface area contributed by atoms with Crippen molar-refractivity contribution in [2.45, 2.75) is 11.4 Å². The van der Waals surface area contributed by atoms with Gasteiger partial charge in [0, 0.05) is 43.8 Å². The predicted molar refractivity (Wildman–Crippen MR) is 177 cm³/mol. The molecule has 0 radical (unpaired) electrons. The maximum Gasteiger partial charge on any atom is 0.293 e. The second kappa shape index (κ2) is 14.5. The molecule has 1 aliphatic rings. The van der Waals surface area contributed by atoms with E-state index in [2.05, 4.69) is 20.2 Å². The highest BCUT2D eigenvalue weighted by atomic mass is 32.2. The first-order valence-corrected chi connectivity index (χ1v) is 16.5. The van der Waals surface area contributed by atoms with Crippen molar-refractivity contribution in [2.75, 3.05) is 44.8 Å². The van der Waals surface area contributed by atoms with Gasteiger partial charge in [-0.1, -0.05) is 24.3 Å². The fourth-order valence-electron chi connectivity index (χ4n) is 5.08. The molecule has 2 aromatic heterocycles. The lowest BCUT2D eigenvalue weighted by molar-refractivity contribution is -0.384. The Bertz CT molecular complexity index is 2030. The minimum atomic E-state index is -4.51. The molecule has 48 heavy (non-hydrogen) atoms. The minimum absolute atomic E-state index is 0.0588. The third-order valence-electron chi connectivity index (χ3n) is 7.62. The van der Waals surface area contributed by atoms with E-state index in [-0.39, 0.29) is 23.5 Å². The number of pyridine rings is 1. The molecule has 1 saturated heterocycles. The van der Waals surface area contributed by atoms with Gasteiger partial charge in [0.25, 0.3) is 21.6 Å². The number of benzene rings is 3. The highest BCUT2D eigenvalue weighted by Gasteiger charge is 2.25. The number of nitrogens with one attached hydrogen (secondary N) is 3. The molecule has 0 spiro atoms. The van der Waals surface area contributed by atoms with Crippen molar-refractivity contribution in [2.24, 2.45) is 0 Å². The summed E-state index contributed by atoms with van der Waals surface area (Å²) in [5, 5.41) is 15.7.